The van der Waals surface area contributed by atoms with E-state index in [1.54, 1.807) is 11.9 Å². The van der Waals surface area contributed by atoms with Crippen molar-refractivity contribution >= 4 is 39.8 Å². The number of rotatable bonds is 9. The predicted molar refractivity (Wildman–Crippen MR) is 111 cm³/mol. The Hall–Kier alpha value is -2.52. The summed E-state index contributed by atoms with van der Waals surface area (Å²) in [5, 5.41) is 12.2. The molecule has 3 rings (SSSR count). The van der Waals surface area contributed by atoms with Gasteiger partial charge >= 0.3 is 0 Å². The summed E-state index contributed by atoms with van der Waals surface area (Å²) >= 11 is 2.77. The number of thioether (sulfide) groups is 1. The highest BCUT2D eigenvalue weighted by molar-refractivity contribution is 8.01. The lowest BCUT2D eigenvalue weighted by Gasteiger charge is -2.14. The molecule has 0 aliphatic carbocycles. The number of furan rings is 1. The zero-order chi connectivity index (χ0) is 19.9. The molecule has 0 atom stereocenters. The predicted octanol–water partition coefficient (Wildman–Crippen LogP) is 4.33. The van der Waals surface area contributed by atoms with E-state index in [9.17, 15) is 4.79 Å². The molecular weight excluding hydrogens is 396 g/mol. The molecule has 1 amide bonds. The standard InChI is InChI=1S/C19H22N4O3S2/c1-4-25-16-8-6-5-7-15(16)20-18-21-22-19(28-18)27-12-17(24)23(3)11-14-10-9-13(2)26-14/h5-10H,4,11-12H2,1-3H3,(H,20,21). The minimum atomic E-state index is 0.00505. The van der Waals surface area contributed by atoms with Gasteiger partial charge in [-0.25, -0.2) is 0 Å². The lowest BCUT2D eigenvalue weighted by molar-refractivity contribution is -0.127. The van der Waals surface area contributed by atoms with Crippen LogP contribution in [0.1, 0.15) is 18.4 Å². The molecule has 0 fully saturated rings. The average Bonchev–Trinajstić information content (AvgIpc) is 3.30. The first-order valence-electron chi connectivity index (χ1n) is 8.79. The van der Waals surface area contributed by atoms with Crippen molar-refractivity contribution in [1.29, 1.82) is 0 Å². The summed E-state index contributed by atoms with van der Waals surface area (Å²) in [6.45, 7) is 4.86. The summed E-state index contributed by atoms with van der Waals surface area (Å²) in [6.07, 6.45) is 0. The molecule has 0 radical (unpaired) electrons. The van der Waals surface area contributed by atoms with Crippen LogP contribution >= 0.6 is 23.1 Å². The minimum absolute atomic E-state index is 0.00505. The van der Waals surface area contributed by atoms with Crippen molar-refractivity contribution in [3.63, 3.8) is 0 Å². The van der Waals surface area contributed by atoms with E-state index in [0.717, 1.165) is 27.3 Å². The van der Waals surface area contributed by atoms with Gasteiger partial charge in [0.2, 0.25) is 11.0 Å². The summed E-state index contributed by atoms with van der Waals surface area (Å²) < 4.78 is 11.8. The van der Waals surface area contributed by atoms with Crippen LogP contribution in [0.5, 0.6) is 5.75 Å². The van der Waals surface area contributed by atoms with Gasteiger partial charge in [-0.2, -0.15) is 0 Å². The molecule has 7 nitrogen and oxygen atoms in total. The number of aromatic nitrogens is 2. The summed E-state index contributed by atoms with van der Waals surface area (Å²) in [4.78, 5) is 14.0. The molecule has 0 spiro atoms. The van der Waals surface area contributed by atoms with Crippen molar-refractivity contribution in [1.82, 2.24) is 15.1 Å². The van der Waals surface area contributed by atoms with Gasteiger partial charge in [-0.15, -0.1) is 10.2 Å². The highest BCUT2D eigenvalue weighted by Crippen LogP contribution is 2.31. The Labute approximate surface area is 172 Å². The van der Waals surface area contributed by atoms with Crippen LogP contribution in [-0.2, 0) is 11.3 Å². The molecule has 0 unspecified atom stereocenters. The molecule has 0 aliphatic heterocycles. The number of carbonyl (C=O) groups is 1. The summed E-state index contributed by atoms with van der Waals surface area (Å²) in [6, 6.07) is 11.4. The second-order valence-electron chi connectivity index (χ2n) is 5.98. The maximum Gasteiger partial charge on any atom is 0.233 e. The van der Waals surface area contributed by atoms with Gasteiger partial charge in [-0.3, -0.25) is 4.79 Å². The fraction of sp³-hybridized carbons (Fsp3) is 0.316. The first-order chi connectivity index (χ1) is 13.5. The Bertz CT molecular complexity index is 925. The highest BCUT2D eigenvalue weighted by atomic mass is 32.2. The van der Waals surface area contributed by atoms with Crippen LogP contribution in [0.3, 0.4) is 0 Å². The molecule has 2 heterocycles. The number of para-hydroxylation sites is 2. The van der Waals surface area contributed by atoms with Crippen molar-refractivity contribution in [2.75, 3.05) is 24.7 Å². The number of anilines is 2. The Morgan fingerprint density at radius 2 is 2.11 bits per heavy atom. The zero-order valence-electron chi connectivity index (χ0n) is 16.0. The number of hydrogen-bond donors (Lipinski definition) is 1. The molecule has 3 aromatic rings. The summed E-state index contributed by atoms with van der Waals surface area (Å²) in [5.74, 6) is 2.67. The van der Waals surface area contributed by atoms with Crippen LogP contribution in [0, 0.1) is 6.92 Å². The molecule has 1 N–H and O–H groups in total. The first kappa shape index (κ1) is 20.2. The number of carbonyl (C=O) groups excluding carboxylic acids is 1. The minimum Gasteiger partial charge on any atom is -0.492 e. The molecule has 1 aromatic carbocycles. The molecule has 28 heavy (non-hydrogen) atoms. The summed E-state index contributed by atoms with van der Waals surface area (Å²) in [5.41, 5.74) is 0.835. The van der Waals surface area contributed by atoms with E-state index in [4.69, 9.17) is 9.15 Å². The third-order valence-electron chi connectivity index (χ3n) is 3.77. The number of ether oxygens (including phenoxy) is 1. The van der Waals surface area contributed by atoms with E-state index < -0.39 is 0 Å². The quantitative estimate of drug-likeness (QED) is 0.518. The van der Waals surface area contributed by atoms with Gasteiger partial charge in [0.15, 0.2) is 4.34 Å². The highest BCUT2D eigenvalue weighted by Gasteiger charge is 2.14. The number of aryl methyl sites for hydroxylation is 1. The second-order valence-corrected chi connectivity index (χ2v) is 8.18. The van der Waals surface area contributed by atoms with E-state index >= 15 is 0 Å². The number of amides is 1. The van der Waals surface area contributed by atoms with Crippen molar-refractivity contribution in [3.8, 4) is 5.75 Å². The lowest BCUT2D eigenvalue weighted by atomic mass is 10.3. The van der Waals surface area contributed by atoms with Crippen molar-refractivity contribution in [3.05, 3.63) is 47.9 Å². The van der Waals surface area contributed by atoms with Gasteiger partial charge < -0.3 is 19.4 Å². The van der Waals surface area contributed by atoms with E-state index in [0.29, 0.717) is 24.0 Å². The molecule has 148 valence electrons. The fourth-order valence-electron chi connectivity index (χ4n) is 2.41. The average molecular weight is 419 g/mol. The van der Waals surface area contributed by atoms with Crippen molar-refractivity contribution < 1.29 is 13.9 Å². The van der Waals surface area contributed by atoms with Gasteiger partial charge in [-0.1, -0.05) is 35.2 Å². The molecular formula is C19H22N4O3S2. The Kier molecular flexibility index (Phi) is 6.94. The molecule has 0 saturated carbocycles. The normalized spacial score (nSPS) is 10.7. The Balaban J connectivity index is 1.52. The van der Waals surface area contributed by atoms with Gasteiger partial charge in [-0.05, 0) is 38.1 Å². The zero-order valence-corrected chi connectivity index (χ0v) is 17.6. The van der Waals surface area contributed by atoms with E-state index in [2.05, 4.69) is 15.5 Å². The number of hydrogen-bond acceptors (Lipinski definition) is 8. The molecule has 0 bridgehead atoms. The van der Waals surface area contributed by atoms with Crippen LogP contribution < -0.4 is 10.1 Å². The molecule has 0 saturated heterocycles. The van der Waals surface area contributed by atoms with Crippen molar-refractivity contribution in [2.24, 2.45) is 0 Å². The molecule has 9 heteroatoms. The topological polar surface area (TPSA) is 80.5 Å². The fourth-order valence-corrected chi connectivity index (χ4v) is 4.12. The van der Waals surface area contributed by atoms with Crippen LogP contribution in [0.4, 0.5) is 10.8 Å². The SMILES string of the molecule is CCOc1ccccc1Nc1nnc(SCC(=O)N(C)Cc2ccc(C)o2)s1. The maximum atomic E-state index is 12.3. The first-order valence-corrected chi connectivity index (χ1v) is 10.6. The second kappa shape index (κ2) is 9.61. The van der Waals surface area contributed by atoms with Gasteiger partial charge in [0.05, 0.1) is 24.6 Å². The summed E-state index contributed by atoms with van der Waals surface area (Å²) in [7, 11) is 1.76. The number of benzene rings is 1. The monoisotopic (exact) mass is 418 g/mol. The number of nitrogens with zero attached hydrogens (tertiary/aromatic N) is 3. The maximum absolute atomic E-state index is 12.3. The van der Waals surface area contributed by atoms with E-state index in [-0.39, 0.29) is 5.91 Å². The smallest absolute Gasteiger partial charge is 0.233 e. The third kappa shape index (κ3) is 5.49. The van der Waals surface area contributed by atoms with E-state index in [1.165, 1.54) is 23.1 Å². The molecule has 2 aromatic heterocycles. The van der Waals surface area contributed by atoms with Crippen LogP contribution in [0.2, 0.25) is 0 Å². The van der Waals surface area contributed by atoms with Gasteiger partial charge in [0, 0.05) is 7.05 Å². The third-order valence-corrected chi connectivity index (χ3v) is 5.73. The molecule has 0 aliphatic rings. The lowest BCUT2D eigenvalue weighted by Crippen LogP contribution is -2.27. The number of nitrogens with one attached hydrogen (secondary N) is 1. The van der Waals surface area contributed by atoms with Gasteiger partial charge in [0.25, 0.3) is 0 Å². The van der Waals surface area contributed by atoms with Crippen molar-refractivity contribution in [2.45, 2.75) is 24.7 Å². The largest absolute Gasteiger partial charge is 0.492 e. The Morgan fingerprint density at radius 1 is 1.29 bits per heavy atom. The van der Waals surface area contributed by atoms with E-state index in [1.807, 2.05) is 50.2 Å². The van der Waals surface area contributed by atoms with Crippen LogP contribution in [0.15, 0.2) is 45.2 Å². The van der Waals surface area contributed by atoms with Gasteiger partial charge in [0.1, 0.15) is 17.3 Å². The van der Waals surface area contributed by atoms with Crippen LogP contribution in [0.25, 0.3) is 0 Å². The van der Waals surface area contributed by atoms with Crippen LogP contribution in [-0.4, -0.2) is 40.4 Å². The Morgan fingerprint density at radius 3 is 2.86 bits per heavy atom.